The number of hydrogen-bond donors (Lipinski definition) is 1. The predicted molar refractivity (Wildman–Crippen MR) is 86.8 cm³/mol. The third-order valence-corrected chi connectivity index (χ3v) is 3.31. The number of hydrazone groups is 1. The van der Waals surface area contributed by atoms with Crippen molar-refractivity contribution in [3.8, 4) is 5.75 Å². The Kier molecular flexibility index (Phi) is 5.78. The summed E-state index contributed by atoms with van der Waals surface area (Å²) in [6.07, 6.45) is 1.57. The number of halogens is 2. The van der Waals surface area contributed by atoms with E-state index in [1.807, 2.05) is 30.3 Å². The van der Waals surface area contributed by atoms with Gasteiger partial charge < -0.3 is 4.74 Å². The minimum atomic E-state index is -0.343. The molecule has 0 aromatic heterocycles. The van der Waals surface area contributed by atoms with Gasteiger partial charge in [-0.1, -0.05) is 41.9 Å². The Bertz CT molecular complexity index is 647. The van der Waals surface area contributed by atoms with Crippen molar-refractivity contribution in [2.24, 2.45) is 5.10 Å². The van der Waals surface area contributed by atoms with Gasteiger partial charge in [0.2, 0.25) is 0 Å². The number of nitrogens with zero attached hydrogens (tertiary/aromatic N) is 1. The SMILES string of the molecule is O=C(COc1ccc(Cl)cc1Br)N/N=C\c1ccccc1. The molecule has 0 heterocycles. The lowest BCUT2D eigenvalue weighted by Gasteiger charge is -2.07. The van der Waals surface area contributed by atoms with Gasteiger partial charge in [0.25, 0.3) is 5.91 Å². The fourth-order valence-electron chi connectivity index (χ4n) is 1.49. The topological polar surface area (TPSA) is 50.7 Å². The van der Waals surface area contributed by atoms with Crippen LogP contribution in [0, 0.1) is 0 Å². The van der Waals surface area contributed by atoms with Gasteiger partial charge in [-0.3, -0.25) is 4.79 Å². The van der Waals surface area contributed by atoms with E-state index >= 15 is 0 Å². The number of carbonyl (C=O) groups excluding carboxylic acids is 1. The molecule has 0 unspecified atom stereocenters. The molecule has 6 heteroatoms. The van der Waals surface area contributed by atoms with E-state index in [4.69, 9.17) is 16.3 Å². The van der Waals surface area contributed by atoms with Crippen LogP contribution in [0.5, 0.6) is 5.75 Å². The number of nitrogens with one attached hydrogen (secondary N) is 1. The zero-order valence-electron chi connectivity index (χ0n) is 10.9. The summed E-state index contributed by atoms with van der Waals surface area (Å²) in [5.41, 5.74) is 3.30. The van der Waals surface area contributed by atoms with Gasteiger partial charge in [-0.2, -0.15) is 5.10 Å². The molecular weight excluding hydrogens is 356 g/mol. The lowest BCUT2D eigenvalue weighted by atomic mass is 10.2. The largest absolute Gasteiger partial charge is 0.483 e. The molecule has 2 aromatic carbocycles. The van der Waals surface area contributed by atoms with Gasteiger partial charge in [0.05, 0.1) is 10.7 Å². The molecule has 0 saturated carbocycles. The van der Waals surface area contributed by atoms with Crippen LogP contribution in [0.4, 0.5) is 0 Å². The Hall–Kier alpha value is -1.85. The molecule has 2 rings (SSSR count). The molecule has 0 atom stereocenters. The molecule has 21 heavy (non-hydrogen) atoms. The van der Waals surface area contributed by atoms with E-state index in [0.29, 0.717) is 15.2 Å². The second-order valence-corrected chi connectivity index (χ2v) is 5.36. The van der Waals surface area contributed by atoms with E-state index in [1.165, 1.54) is 0 Å². The van der Waals surface area contributed by atoms with Crippen LogP contribution in [-0.4, -0.2) is 18.7 Å². The smallest absolute Gasteiger partial charge is 0.277 e. The normalized spacial score (nSPS) is 10.6. The second-order valence-electron chi connectivity index (χ2n) is 4.07. The average Bonchev–Trinajstić information content (AvgIpc) is 2.47. The predicted octanol–water partition coefficient (Wildman–Crippen LogP) is 3.63. The van der Waals surface area contributed by atoms with Crippen LogP contribution < -0.4 is 10.2 Å². The van der Waals surface area contributed by atoms with Gasteiger partial charge in [-0.15, -0.1) is 0 Å². The molecule has 1 N–H and O–H groups in total. The van der Waals surface area contributed by atoms with E-state index in [0.717, 1.165) is 5.56 Å². The van der Waals surface area contributed by atoms with Crippen LogP contribution in [0.3, 0.4) is 0 Å². The first-order chi connectivity index (χ1) is 10.1. The molecule has 1 amide bonds. The molecule has 0 radical (unpaired) electrons. The van der Waals surface area contributed by atoms with Crippen molar-refractivity contribution in [2.75, 3.05) is 6.61 Å². The maximum absolute atomic E-state index is 11.6. The molecule has 0 fully saturated rings. The van der Waals surface area contributed by atoms with Crippen molar-refractivity contribution >= 4 is 39.7 Å². The van der Waals surface area contributed by atoms with Crippen molar-refractivity contribution in [1.82, 2.24) is 5.43 Å². The summed E-state index contributed by atoms with van der Waals surface area (Å²) in [6.45, 7) is -0.133. The molecule has 4 nitrogen and oxygen atoms in total. The van der Waals surface area contributed by atoms with Gasteiger partial charge in [0.1, 0.15) is 5.75 Å². The van der Waals surface area contributed by atoms with Crippen molar-refractivity contribution in [3.05, 3.63) is 63.6 Å². The van der Waals surface area contributed by atoms with Crippen LogP contribution in [0.2, 0.25) is 5.02 Å². The summed E-state index contributed by atoms with van der Waals surface area (Å²) in [7, 11) is 0. The van der Waals surface area contributed by atoms with E-state index in [-0.39, 0.29) is 12.5 Å². The first-order valence-electron chi connectivity index (χ1n) is 6.10. The van der Waals surface area contributed by atoms with E-state index in [1.54, 1.807) is 24.4 Å². The summed E-state index contributed by atoms with van der Waals surface area (Å²) >= 11 is 9.13. The summed E-state index contributed by atoms with van der Waals surface area (Å²) < 4.78 is 6.06. The molecule has 0 aliphatic heterocycles. The average molecular weight is 368 g/mol. The van der Waals surface area contributed by atoms with Crippen LogP contribution >= 0.6 is 27.5 Å². The fourth-order valence-corrected chi connectivity index (χ4v) is 2.28. The molecule has 108 valence electrons. The lowest BCUT2D eigenvalue weighted by Crippen LogP contribution is -2.24. The molecular formula is C15H12BrClN2O2. The van der Waals surface area contributed by atoms with Crippen LogP contribution in [-0.2, 0) is 4.79 Å². The Labute approximate surface area is 135 Å². The standard InChI is InChI=1S/C15H12BrClN2O2/c16-13-8-12(17)6-7-14(13)21-10-15(20)19-18-9-11-4-2-1-3-5-11/h1-9H,10H2,(H,19,20)/b18-9-. The first kappa shape index (κ1) is 15.5. The minimum absolute atomic E-state index is 0.133. The lowest BCUT2D eigenvalue weighted by molar-refractivity contribution is -0.123. The molecule has 0 aliphatic carbocycles. The quantitative estimate of drug-likeness (QED) is 0.648. The molecule has 0 saturated heterocycles. The van der Waals surface area contributed by atoms with Crippen molar-refractivity contribution in [3.63, 3.8) is 0 Å². The number of rotatable bonds is 5. The van der Waals surface area contributed by atoms with Crippen molar-refractivity contribution < 1.29 is 9.53 Å². The second kappa shape index (κ2) is 7.81. The number of benzene rings is 2. The number of hydrogen-bond acceptors (Lipinski definition) is 3. The Morgan fingerprint density at radius 1 is 1.29 bits per heavy atom. The Morgan fingerprint density at radius 3 is 2.76 bits per heavy atom. The monoisotopic (exact) mass is 366 g/mol. The molecule has 0 bridgehead atoms. The zero-order chi connectivity index (χ0) is 15.1. The van der Waals surface area contributed by atoms with Gasteiger partial charge in [0.15, 0.2) is 6.61 Å². The highest BCUT2D eigenvalue weighted by atomic mass is 79.9. The highest BCUT2D eigenvalue weighted by Crippen LogP contribution is 2.27. The van der Waals surface area contributed by atoms with Gasteiger partial charge in [0, 0.05) is 5.02 Å². The van der Waals surface area contributed by atoms with Crippen LogP contribution in [0.15, 0.2) is 58.1 Å². The summed E-state index contributed by atoms with van der Waals surface area (Å²) in [5.74, 6) is 0.200. The van der Waals surface area contributed by atoms with E-state index in [9.17, 15) is 4.79 Å². The third kappa shape index (κ3) is 5.21. The van der Waals surface area contributed by atoms with Crippen molar-refractivity contribution in [1.29, 1.82) is 0 Å². The molecule has 0 aliphatic rings. The van der Waals surface area contributed by atoms with Crippen LogP contribution in [0.1, 0.15) is 5.56 Å². The first-order valence-corrected chi connectivity index (χ1v) is 7.27. The van der Waals surface area contributed by atoms with Gasteiger partial charge >= 0.3 is 0 Å². The zero-order valence-corrected chi connectivity index (χ0v) is 13.3. The van der Waals surface area contributed by atoms with E-state index < -0.39 is 0 Å². The summed E-state index contributed by atoms with van der Waals surface area (Å²) in [6, 6.07) is 14.5. The number of carbonyl (C=O) groups is 1. The summed E-state index contributed by atoms with van der Waals surface area (Å²) in [5, 5.41) is 4.44. The van der Waals surface area contributed by atoms with Crippen LogP contribution in [0.25, 0.3) is 0 Å². The highest BCUT2D eigenvalue weighted by molar-refractivity contribution is 9.10. The highest BCUT2D eigenvalue weighted by Gasteiger charge is 2.05. The third-order valence-electron chi connectivity index (χ3n) is 2.46. The maximum Gasteiger partial charge on any atom is 0.277 e. The van der Waals surface area contributed by atoms with E-state index in [2.05, 4.69) is 26.5 Å². The maximum atomic E-state index is 11.6. The Morgan fingerprint density at radius 2 is 2.05 bits per heavy atom. The van der Waals surface area contributed by atoms with Crippen molar-refractivity contribution in [2.45, 2.75) is 0 Å². The fraction of sp³-hybridized carbons (Fsp3) is 0.0667. The number of amides is 1. The minimum Gasteiger partial charge on any atom is -0.483 e. The Balaban J connectivity index is 1.81. The summed E-state index contributed by atoms with van der Waals surface area (Å²) in [4.78, 5) is 11.6. The number of ether oxygens (including phenoxy) is 1. The van der Waals surface area contributed by atoms with Gasteiger partial charge in [-0.25, -0.2) is 5.43 Å². The molecule has 0 spiro atoms. The molecule has 2 aromatic rings. The van der Waals surface area contributed by atoms with Gasteiger partial charge in [-0.05, 0) is 39.7 Å².